The number of alkyl halides is 2. The van der Waals surface area contributed by atoms with Crippen LogP contribution in [0.1, 0.15) is 17.2 Å². The third kappa shape index (κ3) is 3.74. The second-order valence-electron chi connectivity index (χ2n) is 5.75. The molecular formula is C18H12Br2F2N4O. The molecule has 2 heterocycles. The van der Waals surface area contributed by atoms with Crippen molar-refractivity contribution in [1.82, 2.24) is 14.8 Å². The number of nitrogens with zero attached hydrogens (tertiary/aromatic N) is 3. The molecule has 4 rings (SSSR count). The van der Waals surface area contributed by atoms with Crippen LogP contribution < -0.4 is 10.1 Å². The van der Waals surface area contributed by atoms with Gasteiger partial charge in [-0.2, -0.15) is 18.9 Å². The number of nitrogens with one attached hydrogen (secondary N) is 1. The molecule has 0 saturated heterocycles. The minimum absolute atomic E-state index is 0.0893. The molecule has 2 aromatic carbocycles. The van der Waals surface area contributed by atoms with Gasteiger partial charge in [-0.15, -0.1) is 0 Å². The maximum atomic E-state index is 12.9. The van der Waals surface area contributed by atoms with Gasteiger partial charge in [-0.3, -0.25) is 0 Å². The van der Waals surface area contributed by atoms with Crippen molar-refractivity contribution in [2.45, 2.75) is 12.7 Å². The molecule has 1 aromatic heterocycles. The number of anilines is 1. The van der Waals surface area contributed by atoms with Crippen LogP contribution >= 0.6 is 31.9 Å². The van der Waals surface area contributed by atoms with Crippen molar-refractivity contribution < 1.29 is 13.5 Å². The summed E-state index contributed by atoms with van der Waals surface area (Å²) in [5.41, 5.74) is 2.27. The molecule has 0 spiro atoms. The third-order valence-corrected chi connectivity index (χ3v) is 5.04. The number of benzene rings is 2. The predicted octanol–water partition coefficient (Wildman–Crippen LogP) is 5.46. The van der Waals surface area contributed by atoms with E-state index in [0.717, 1.165) is 20.2 Å². The average Bonchev–Trinajstić information content (AvgIpc) is 3.11. The Hall–Kier alpha value is -2.26. The minimum atomic E-state index is -2.92. The average molecular weight is 498 g/mol. The van der Waals surface area contributed by atoms with Crippen LogP contribution in [0.5, 0.6) is 5.75 Å². The molecule has 5 nitrogen and oxygen atoms in total. The van der Waals surface area contributed by atoms with Gasteiger partial charge in [0.2, 0.25) is 5.95 Å². The highest BCUT2D eigenvalue weighted by molar-refractivity contribution is 9.10. The van der Waals surface area contributed by atoms with E-state index in [1.54, 1.807) is 16.8 Å². The molecule has 1 atom stereocenters. The lowest BCUT2D eigenvalue weighted by Crippen LogP contribution is -2.21. The second-order valence-corrected chi connectivity index (χ2v) is 7.58. The molecule has 138 valence electrons. The lowest BCUT2D eigenvalue weighted by atomic mass is 10.0. The zero-order valence-electron chi connectivity index (χ0n) is 13.6. The zero-order chi connectivity index (χ0) is 19.0. The largest absolute Gasteiger partial charge is 0.434 e. The van der Waals surface area contributed by atoms with Crippen LogP contribution in [0.3, 0.4) is 0 Å². The molecular weight excluding hydrogens is 486 g/mol. The first-order valence-electron chi connectivity index (χ1n) is 7.90. The van der Waals surface area contributed by atoms with Gasteiger partial charge >= 0.3 is 6.61 Å². The van der Waals surface area contributed by atoms with Gasteiger partial charge in [-0.25, -0.2) is 4.68 Å². The maximum absolute atomic E-state index is 12.9. The molecule has 0 radical (unpaired) electrons. The number of halogens is 4. The summed E-state index contributed by atoms with van der Waals surface area (Å²) in [4.78, 5) is 4.23. The Bertz CT molecular complexity index is 1020. The smallest absolute Gasteiger partial charge is 0.387 e. The molecule has 0 unspecified atom stereocenters. The Kier molecular flexibility index (Phi) is 4.96. The Balaban J connectivity index is 1.85. The molecule has 0 fully saturated rings. The number of fused-ring (bicyclic) bond motifs is 1. The lowest BCUT2D eigenvalue weighted by Gasteiger charge is -2.26. The van der Waals surface area contributed by atoms with Crippen molar-refractivity contribution in [3.8, 4) is 5.75 Å². The van der Waals surface area contributed by atoms with E-state index in [9.17, 15) is 8.78 Å². The van der Waals surface area contributed by atoms with Crippen molar-refractivity contribution in [3.05, 3.63) is 74.9 Å². The molecule has 27 heavy (non-hydrogen) atoms. The molecule has 3 aromatic rings. The van der Waals surface area contributed by atoms with E-state index in [0.29, 0.717) is 11.5 Å². The molecule has 9 heteroatoms. The van der Waals surface area contributed by atoms with E-state index in [-0.39, 0.29) is 5.75 Å². The van der Waals surface area contributed by atoms with E-state index >= 15 is 0 Å². The molecule has 1 N–H and O–H groups in total. The van der Waals surface area contributed by atoms with Crippen molar-refractivity contribution in [2.24, 2.45) is 0 Å². The van der Waals surface area contributed by atoms with Crippen LogP contribution in [0.4, 0.5) is 14.7 Å². The highest BCUT2D eigenvalue weighted by Crippen LogP contribution is 2.38. The fraction of sp³-hybridized carbons (Fsp3) is 0.111. The van der Waals surface area contributed by atoms with Gasteiger partial charge in [0.15, 0.2) is 0 Å². The van der Waals surface area contributed by atoms with Crippen molar-refractivity contribution >= 4 is 43.5 Å². The summed E-state index contributed by atoms with van der Waals surface area (Å²) in [5.74, 6) is 0.604. The SMILES string of the molecule is FC(F)Oc1ccc(Br)cc1[C@H]1C=C(c2cccc(Br)c2)Nc2ncnn21. The molecule has 0 aliphatic carbocycles. The van der Waals surface area contributed by atoms with Gasteiger partial charge in [-0.1, -0.05) is 44.0 Å². The highest BCUT2D eigenvalue weighted by Gasteiger charge is 2.27. The van der Waals surface area contributed by atoms with Gasteiger partial charge in [0.05, 0.1) is 0 Å². The quantitative estimate of drug-likeness (QED) is 0.520. The summed E-state index contributed by atoms with van der Waals surface area (Å²) < 4.78 is 33.8. The first kappa shape index (κ1) is 18.1. The topological polar surface area (TPSA) is 52.0 Å². The molecule has 0 bridgehead atoms. The van der Waals surface area contributed by atoms with Crippen molar-refractivity contribution in [1.29, 1.82) is 0 Å². The highest BCUT2D eigenvalue weighted by atomic mass is 79.9. The number of aromatic nitrogens is 3. The van der Waals surface area contributed by atoms with E-state index in [4.69, 9.17) is 4.74 Å². The summed E-state index contributed by atoms with van der Waals surface area (Å²) >= 11 is 6.86. The normalized spacial score (nSPS) is 15.9. The summed E-state index contributed by atoms with van der Waals surface area (Å²) in [6, 6.07) is 12.2. The van der Waals surface area contributed by atoms with E-state index in [2.05, 4.69) is 47.3 Å². The van der Waals surface area contributed by atoms with Crippen LogP contribution in [0.2, 0.25) is 0 Å². The third-order valence-electron chi connectivity index (χ3n) is 4.05. The summed E-state index contributed by atoms with van der Waals surface area (Å²) in [5, 5.41) is 7.47. The number of rotatable bonds is 4. The second kappa shape index (κ2) is 7.40. The number of ether oxygens (including phenoxy) is 1. The van der Waals surface area contributed by atoms with Gasteiger partial charge < -0.3 is 10.1 Å². The Morgan fingerprint density at radius 3 is 2.70 bits per heavy atom. The van der Waals surface area contributed by atoms with Crippen LogP contribution in [0.15, 0.2) is 63.8 Å². The van der Waals surface area contributed by atoms with Crippen LogP contribution in [-0.2, 0) is 0 Å². The summed E-state index contributed by atoms with van der Waals surface area (Å²) in [6.45, 7) is -2.92. The standard InChI is InChI=1S/C18H12Br2F2N4O/c19-11-3-1-2-10(6-11)14-8-15(26-18(25-14)23-9-24-26)13-7-12(20)4-5-16(13)27-17(21)22/h1-9,15,17H,(H,23,24,25)/t15-/m1/s1. The Labute approximate surface area is 170 Å². The molecule has 0 saturated carbocycles. The zero-order valence-corrected chi connectivity index (χ0v) is 16.8. The predicted molar refractivity (Wildman–Crippen MR) is 105 cm³/mol. The van der Waals surface area contributed by atoms with E-state index in [1.807, 2.05) is 30.3 Å². The van der Waals surface area contributed by atoms with Crippen LogP contribution in [0.25, 0.3) is 5.70 Å². The fourth-order valence-corrected chi connectivity index (χ4v) is 3.71. The summed E-state index contributed by atoms with van der Waals surface area (Å²) in [6.07, 6.45) is 3.32. The number of hydrogen-bond donors (Lipinski definition) is 1. The van der Waals surface area contributed by atoms with Crippen molar-refractivity contribution in [2.75, 3.05) is 5.32 Å². The Morgan fingerprint density at radius 1 is 1.11 bits per heavy atom. The van der Waals surface area contributed by atoms with Gasteiger partial charge in [0, 0.05) is 20.2 Å². The molecule has 1 aliphatic rings. The number of hydrogen-bond acceptors (Lipinski definition) is 4. The van der Waals surface area contributed by atoms with E-state index < -0.39 is 12.7 Å². The van der Waals surface area contributed by atoms with Gasteiger partial charge in [0.1, 0.15) is 18.1 Å². The molecule has 0 amide bonds. The monoisotopic (exact) mass is 496 g/mol. The molecule has 1 aliphatic heterocycles. The Morgan fingerprint density at radius 2 is 1.93 bits per heavy atom. The first-order chi connectivity index (χ1) is 13.0. The van der Waals surface area contributed by atoms with Crippen LogP contribution in [-0.4, -0.2) is 21.4 Å². The van der Waals surface area contributed by atoms with Crippen LogP contribution in [0, 0.1) is 0 Å². The number of allylic oxidation sites excluding steroid dienone is 1. The first-order valence-corrected chi connectivity index (χ1v) is 9.48. The van der Waals surface area contributed by atoms with Crippen molar-refractivity contribution in [3.63, 3.8) is 0 Å². The lowest BCUT2D eigenvalue weighted by molar-refractivity contribution is -0.0506. The maximum Gasteiger partial charge on any atom is 0.387 e. The fourth-order valence-electron chi connectivity index (χ4n) is 2.93. The summed E-state index contributed by atoms with van der Waals surface area (Å²) in [7, 11) is 0. The van der Waals surface area contributed by atoms with Gasteiger partial charge in [-0.05, 0) is 42.0 Å². The van der Waals surface area contributed by atoms with Gasteiger partial charge in [0.25, 0.3) is 0 Å². The minimum Gasteiger partial charge on any atom is -0.434 e. The van der Waals surface area contributed by atoms with E-state index in [1.165, 1.54) is 12.4 Å².